The zero-order valence-corrected chi connectivity index (χ0v) is 17.1. The van der Waals surface area contributed by atoms with Crippen molar-refractivity contribution in [3.8, 4) is 5.75 Å². The number of hydrogen-bond acceptors (Lipinski definition) is 4. The van der Waals surface area contributed by atoms with Gasteiger partial charge in [0.25, 0.3) is 0 Å². The van der Waals surface area contributed by atoms with Gasteiger partial charge in [-0.1, -0.05) is 29.8 Å². The van der Waals surface area contributed by atoms with Gasteiger partial charge in [0.1, 0.15) is 18.0 Å². The summed E-state index contributed by atoms with van der Waals surface area (Å²) in [5, 5.41) is 14.2. The molecule has 1 amide bonds. The van der Waals surface area contributed by atoms with Crippen LogP contribution >= 0.6 is 11.6 Å². The van der Waals surface area contributed by atoms with E-state index in [2.05, 4.69) is 10.2 Å². The summed E-state index contributed by atoms with van der Waals surface area (Å²) in [6, 6.07) is 13.5. The molecule has 2 aromatic rings. The molecule has 6 heteroatoms. The highest BCUT2D eigenvalue weighted by Crippen LogP contribution is 2.29. The van der Waals surface area contributed by atoms with Gasteiger partial charge in [0.2, 0.25) is 5.91 Å². The molecule has 28 heavy (non-hydrogen) atoms. The molecule has 0 aromatic heterocycles. The number of carbonyl (C=O) groups excluding carboxylic acids is 1. The monoisotopic (exact) mass is 402 g/mol. The summed E-state index contributed by atoms with van der Waals surface area (Å²) in [7, 11) is 0. The van der Waals surface area contributed by atoms with Gasteiger partial charge in [-0.3, -0.25) is 9.69 Å². The normalized spacial score (nSPS) is 16.6. The minimum absolute atomic E-state index is 0.0720. The second-order valence-corrected chi connectivity index (χ2v) is 8.01. The quantitative estimate of drug-likeness (QED) is 0.766. The maximum atomic E-state index is 11.1. The lowest BCUT2D eigenvalue weighted by Gasteiger charge is -2.38. The molecule has 1 saturated heterocycles. The Balaban J connectivity index is 1.49. The molecule has 1 aliphatic rings. The maximum Gasteiger partial charge on any atom is 0.221 e. The van der Waals surface area contributed by atoms with Gasteiger partial charge in [0, 0.05) is 32.2 Å². The number of aliphatic hydroxyl groups is 1. The van der Waals surface area contributed by atoms with Crippen LogP contribution in [-0.2, 0) is 11.3 Å². The number of benzene rings is 2. The van der Waals surface area contributed by atoms with Crippen LogP contribution < -0.4 is 10.1 Å². The Hall–Kier alpha value is -2.08. The summed E-state index contributed by atoms with van der Waals surface area (Å²) in [6.45, 7) is 6.15. The molecule has 2 aromatic carbocycles. The molecule has 0 saturated carbocycles. The van der Waals surface area contributed by atoms with Gasteiger partial charge >= 0.3 is 0 Å². The highest BCUT2D eigenvalue weighted by atomic mass is 35.5. The van der Waals surface area contributed by atoms with Crippen molar-refractivity contribution >= 4 is 23.2 Å². The van der Waals surface area contributed by atoms with E-state index >= 15 is 0 Å². The zero-order valence-electron chi connectivity index (χ0n) is 16.4. The number of halogens is 1. The lowest BCUT2D eigenvalue weighted by molar-refractivity contribution is -0.114. The summed E-state index contributed by atoms with van der Waals surface area (Å²) in [5.74, 6) is 0.550. The van der Waals surface area contributed by atoms with Crippen LogP contribution in [0.4, 0.5) is 5.69 Å². The third-order valence-corrected chi connectivity index (χ3v) is 5.36. The summed E-state index contributed by atoms with van der Waals surface area (Å²) < 4.78 is 5.82. The molecule has 150 valence electrons. The molecule has 0 unspecified atom stereocenters. The number of anilines is 1. The molecule has 3 rings (SSSR count). The topological polar surface area (TPSA) is 61.8 Å². The standard InChI is InChI=1S/C22H27ClN2O3/c1-16-3-8-20(23)21(13-16)28-15-22(27)9-11-25(12-10-22)14-18-4-6-19(7-5-18)24-17(2)26/h3-8,13,27H,9-12,14-15H2,1-2H3,(H,24,26). The number of nitrogens with one attached hydrogen (secondary N) is 1. The van der Waals surface area contributed by atoms with Crippen molar-refractivity contribution in [3.63, 3.8) is 0 Å². The molecule has 2 N–H and O–H groups in total. The SMILES string of the molecule is CC(=O)Nc1ccc(CN2CCC(O)(COc3cc(C)ccc3Cl)CC2)cc1. The maximum absolute atomic E-state index is 11.1. The molecule has 0 bridgehead atoms. The average molecular weight is 403 g/mol. The van der Waals surface area contributed by atoms with Crippen molar-refractivity contribution in [2.24, 2.45) is 0 Å². The van der Waals surface area contributed by atoms with Gasteiger partial charge in [0.05, 0.1) is 5.02 Å². The van der Waals surface area contributed by atoms with E-state index in [1.165, 1.54) is 12.5 Å². The van der Waals surface area contributed by atoms with E-state index in [4.69, 9.17) is 16.3 Å². The predicted molar refractivity (Wildman–Crippen MR) is 112 cm³/mol. The summed E-state index contributed by atoms with van der Waals surface area (Å²) in [6.07, 6.45) is 1.31. The first-order valence-electron chi connectivity index (χ1n) is 9.53. The lowest BCUT2D eigenvalue weighted by Crippen LogP contribution is -2.47. The molecule has 0 radical (unpaired) electrons. The van der Waals surface area contributed by atoms with Crippen LogP contribution in [0.3, 0.4) is 0 Å². The third kappa shape index (κ3) is 5.71. The fraction of sp³-hybridized carbons (Fsp3) is 0.409. The number of aryl methyl sites for hydroxylation is 1. The molecule has 0 spiro atoms. The molecule has 1 aliphatic heterocycles. The Morgan fingerprint density at radius 3 is 2.54 bits per heavy atom. The van der Waals surface area contributed by atoms with E-state index in [1.807, 2.05) is 49.4 Å². The van der Waals surface area contributed by atoms with Gasteiger partial charge in [0.15, 0.2) is 0 Å². The number of carbonyl (C=O) groups is 1. The highest BCUT2D eigenvalue weighted by Gasteiger charge is 2.33. The number of piperidine rings is 1. The molecule has 0 atom stereocenters. The fourth-order valence-electron chi connectivity index (χ4n) is 3.36. The molecular weight excluding hydrogens is 376 g/mol. The number of nitrogens with zero attached hydrogens (tertiary/aromatic N) is 1. The van der Waals surface area contributed by atoms with Crippen LogP contribution in [-0.4, -0.2) is 41.2 Å². The van der Waals surface area contributed by atoms with Gasteiger partial charge in [-0.15, -0.1) is 0 Å². The smallest absolute Gasteiger partial charge is 0.221 e. The minimum atomic E-state index is -0.834. The van der Waals surface area contributed by atoms with Crippen molar-refractivity contribution in [3.05, 3.63) is 58.6 Å². The summed E-state index contributed by atoms with van der Waals surface area (Å²) in [5.41, 5.74) is 2.23. The number of hydrogen-bond donors (Lipinski definition) is 2. The summed E-state index contributed by atoms with van der Waals surface area (Å²) in [4.78, 5) is 13.4. The van der Waals surface area contributed by atoms with Crippen LogP contribution in [0.2, 0.25) is 5.02 Å². The van der Waals surface area contributed by atoms with Crippen LogP contribution in [0.25, 0.3) is 0 Å². The van der Waals surface area contributed by atoms with E-state index in [-0.39, 0.29) is 12.5 Å². The number of ether oxygens (including phenoxy) is 1. The van der Waals surface area contributed by atoms with Crippen molar-refractivity contribution < 1.29 is 14.6 Å². The first kappa shape index (κ1) is 20.6. The second-order valence-electron chi connectivity index (χ2n) is 7.60. The Morgan fingerprint density at radius 1 is 1.21 bits per heavy atom. The van der Waals surface area contributed by atoms with E-state index in [1.54, 1.807) is 0 Å². The first-order valence-corrected chi connectivity index (χ1v) is 9.91. The molecule has 1 heterocycles. The largest absolute Gasteiger partial charge is 0.489 e. The molecule has 0 aliphatic carbocycles. The van der Waals surface area contributed by atoms with Crippen LogP contribution in [0.1, 0.15) is 30.9 Å². The van der Waals surface area contributed by atoms with Gasteiger partial charge in [-0.05, 0) is 55.2 Å². The third-order valence-electron chi connectivity index (χ3n) is 5.05. The Labute approximate surface area is 171 Å². The van der Waals surface area contributed by atoms with E-state index in [0.717, 1.165) is 30.9 Å². The van der Waals surface area contributed by atoms with E-state index < -0.39 is 5.60 Å². The highest BCUT2D eigenvalue weighted by molar-refractivity contribution is 6.32. The fourth-order valence-corrected chi connectivity index (χ4v) is 3.53. The van der Waals surface area contributed by atoms with Crippen molar-refractivity contribution in [1.29, 1.82) is 0 Å². The van der Waals surface area contributed by atoms with Gasteiger partial charge in [-0.2, -0.15) is 0 Å². The first-order chi connectivity index (χ1) is 13.3. The van der Waals surface area contributed by atoms with E-state index in [0.29, 0.717) is 23.6 Å². The number of rotatable bonds is 6. The zero-order chi connectivity index (χ0) is 20.1. The lowest BCUT2D eigenvalue weighted by atomic mass is 9.92. The average Bonchev–Trinajstić information content (AvgIpc) is 2.66. The predicted octanol–water partition coefficient (Wildman–Crippen LogP) is 4.01. The number of likely N-dealkylation sites (tertiary alicyclic amines) is 1. The molecular formula is C22H27ClN2O3. The Bertz CT molecular complexity index is 815. The van der Waals surface area contributed by atoms with Crippen LogP contribution in [0, 0.1) is 6.92 Å². The van der Waals surface area contributed by atoms with Crippen molar-refractivity contribution in [2.45, 2.75) is 38.8 Å². The van der Waals surface area contributed by atoms with Crippen LogP contribution in [0.15, 0.2) is 42.5 Å². The minimum Gasteiger partial charge on any atom is -0.489 e. The summed E-state index contributed by atoms with van der Waals surface area (Å²) >= 11 is 6.17. The van der Waals surface area contributed by atoms with Gasteiger partial charge in [-0.25, -0.2) is 0 Å². The second kappa shape index (κ2) is 8.95. The Kier molecular flexibility index (Phi) is 6.60. The number of amides is 1. The Morgan fingerprint density at radius 2 is 1.89 bits per heavy atom. The van der Waals surface area contributed by atoms with E-state index in [9.17, 15) is 9.90 Å². The van der Waals surface area contributed by atoms with Crippen molar-refractivity contribution in [2.75, 3.05) is 25.0 Å². The molecule has 5 nitrogen and oxygen atoms in total. The van der Waals surface area contributed by atoms with Crippen molar-refractivity contribution in [1.82, 2.24) is 4.90 Å². The van der Waals surface area contributed by atoms with Gasteiger partial charge < -0.3 is 15.2 Å². The molecule has 1 fully saturated rings. The van der Waals surface area contributed by atoms with Crippen LogP contribution in [0.5, 0.6) is 5.75 Å².